The average molecular weight is 189 g/mol. The maximum atomic E-state index is 12.8. The summed E-state index contributed by atoms with van der Waals surface area (Å²) in [6.45, 7) is -0.824. The Morgan fingerprint density at radius 2 is 1.85 bits per heavy atom. The van der Waals surface area contributed by atoms with Crippen LogP contribution >= 0.6 is 0 Å². The van der Waals surface area contributed by atoms with Crippen LogP contribution in [0.3, 0.4) is 0 Å². The molecule has 1 aromatic carbocycles. The summed E-state index contributed by atoms with van der Waals surface area (Å²) in [5.41, 5.74) is -1.24. The standard InChI is InChI=1S/C7H5F2NO3/c8-6-1-4(10(12)13)2-7(9)5(6)3-11/h1-2,11H,3H2. The van der Waals surface area contributed by atoms with Gasteiger partial charge in [0, 0.05) is 5.56 Å². The molecule has 6 heteroatoms. The molecule has 1 rings (SSSR count). The summed E-state index contributed by atoms with van der Waals surface area (Å²) in [6.07, 6.45) is 0. The normalized spacial score (nSPS) is 10.1. The van der Waals surface area contributed by atoms with E-state index in [0.717, 1.165) is 0 Å². The molecule has 0 spiro atoms. The first-order valence-electron chi connectivity index (χ1n) is 3.29. The molecule has 0 aliphatic rings. The Labute approximate surface area is 71.6 Å². The van der Waals surface area contributed by atoms with Crippen molar-refractivity contribution >= 4 is 5.69 Å². The molecule has 1 N–H and O–H groups in total. The van der Waals surface area contributed by atoms with E-state index in [2.05, 4.69) is 0 Å². The smallest absolute Gasteiger partial charge is 0.275 e. The first kappa shape index (κ1) is 9.53. The van der Waals surface area contributed by atoms with Gasteiger partial charge in [-0.2, -0.15) is 0 Å². The third-order valence-electron chi connectivity index (χ3n) is 1.49. The third-order valence-corrected chi connectivity index (χ3v) is 1.49. The van der Waals surface area contributed by atoms with Gasteiger partial charge < -0.3 is 5.11 Å². The van der Waals surface area contributed by atoms with Crippen LogP contribution in [0.25, 0.3) is 0 Å². The van der Waals surface area contributed by atoms with Crippen molar-refractivity contribution < 1.29 is 18.8 Å². The van der Waals surface area contributed by atoms with Crippen molar-refractivity contribution in [2.75, 3.05) is 0 Å². The fourth-order valence-corrected chi connectivity index (χ4v) is 0.846. The number of hydrogen-bond acceptors (Lipinski definition) is 3. The minimum Gasteiger partial charge on any atom is -0.391 e. The molecule has 0 aromatic heterocycles. The monoisotopic (exact) mass is 189 g/mol. The predicted octanol–water partition coefficient (Wildman–Crippen LogP) is 1.37. The predicted molar refractivity (Wildman–Crippen MR) is 38.9 cm³/mol. The lowest BCUT2D eigenvalue weighted by molar-refractivity contribution is -0.385. The summed E-state index contributed by atoms with van der Waals surface area (Å²) >= 11 is 0. The van der Waals surface area contributed by atoms with Gasteiger partial charge in [0.25, 0.3) is 5.69 Å². The van der Waals surface area contributed by atoms with E-state index in [0.29, 0.717) is 12.1 Å². The van der Waals surface area contributed by atoms with Crippen molar-refractivity contribution in [3.05, 3.63) is 39.4 Å². The molecule has 0 aliphatic carbocycles. The summed E-state index contributed by atoms with van der Waals surface area (Å²) in [5.74, 6) is -2.23. The van der Waals surface area contributed by atoms with Crippen molar-refractivity contribution in [3.8, 4) is 0 Å². The van der Waals surface area contributed by atoms with Crippen LogP contribution in [-0.4, -0.2) is 10.0 Å². The molecule has 0 radical (unpaired) electrons. The van der Waals surface area contributed by atoms with Crippen molar-refractivity contribution in [3.63, 3.8) is 0 Å². The minimum atomic E-state index is -1.12. The van der Waals surface area contributed by atoms with Gasteiger partial charge in [-0.1, -0.05) is 0 Å². The maximum absolute atomic E-state index is 12.8. The minimum absolute atomic E-state index is 0.564. The number of rotatable bonds is 2. The molecule has 0 saturated heterocycles. The number of hydrogen-bond donors (Lipinski definition) is 1. The van der Waals surface area contributed by atoms with Gasteiger partial charge in [-0.3, -0.25) is 10.1 Å². The lowest BCUT2D eigenvalue weighted by atomic mass is 10.2. The number of nitro groups is 1. The van der Waals surface area contributed by atoms with E-state index in [4.69, 9.17) is 5.11 Å². The third kappa shape index (κ3) is 1.78. The van der Waals surface area contributed by atoms with Gasteiger partial charge in [-0.05, 0) is 0 Å². The van der Waals surface area contributed by atoms with E-state index in [-0.39, 0.29) is 0 Å². The van der Waals surface area contributed by atoms with E-state index in [1.165, 1.54) is 0 Å². The number of aliphatic hydroxyl groups is 1. The van der Waals surface area contributed by atoms with Gasteiger partial charge in [0.15, 0.2) is 0 Å². The summed E-state index contributed by atoms with van der Waals surface area (Å²) in [7, 11) is 0. The van der Waals surface area contributed by atoms with Crippen molar-refractivity contribution in [2.45, 2.75) is 6.61 Å². The average Bonchev–Trinajstić information content (AvgIpc) is 2.03. The van der Waals surface area contributed by atoms with E-state index in [1.54, 1.807) is 0 Å². The van der Waals surface area contributed by atoms with Crippen LogP contribution in [0.2, 0.25) is 0 Å². The molecule has 1 aromatic rings. The Hall–Kier alpha value is -1.56. The molecule has 0 heterocycles. The zero-order valence-electron chi connectivity index (χ0n) is 6.33. The molecule has 0 unspecified atom stereocenters. The van der Waals surface area contributed by atoms with Crippen LogP contribution in [0.15, 0.2) is 12.1 Å². The van der Waals surface area contributed by atoms with Crippen molar-refractivity contribution in [1.82, 2.24) is 0 Å². The van der Waals surface area contributed by atoms with Gasteiger partial charge in [0.1, 0.15) is 11.6 Å². The largest absolute Gasteiger partial charge is 0.391 e. The van der Waals surface area contributed by atoms with Crippen LogP contribution in [0, 0.1) is 21.7 Å². The first-order chi connectivity index (χ1) is 6.06. The molecule has 0 amide bonds. The zero-order chi connectivity index (χ0) is 10.0. The quantitative estimate of drug-likeness (QED) is 0.564. The Morgan fingerprint density at radius 1 is 1.38 bits per heavy atom. The van der Waals surface area contributed by atoms with Gasteiger partial charge in [-0.25, -0.2) is 8.78 Å². The van der Waals surface area contributed by atoms with Crippen LogP contribution in [0.1, 0.15) is 5.56 Å². The molecule has 4 nitrogen and oxygen atoms in total. The highest BCUT2D eigenvalue weighted by molar-refractivity contribution is 5.35. The Balaban J connectivity index is 3.28. The molecule has 0 bridgehead atoms. The lowest BCUT2D eigenvalue weighted by Crippen LogP contribution is -1.98. The Bertz CT molecular complexity index is 331. The molecule has 70 valence electrons. The van der Waals surface area contributed by atoms with Crippen LogP contribution in [0.4, 0.5) is 14.5 Å². The van der Waals surface area contributed by atoms with Gasteiger partial charge in [0.2, 0.25) is 0 Å². The highest BCUT2D eigenvalue weighted by atomic mass is 19.1. The second-order valence-electron chi connectivity index (χ2n) is 2.30. The molecule has 0 aliphatic heterocycles. The highest BCUT2D eigenvalue weighted by Gasteiger charge is 2.15. The SMILES string of the molecule is O=[N+]([O-])c1cc(F)c(CO)c(F)c1. The van der Waals surface area contributed by atoms with Gasteiger partial charge in [0.05, 0.1) is 23.7 Å². The number of benzene rings is 1. The van der Waals surface area contributed by atoms with Crippen molar-refractivity contribution in [2.24, 2.45) is 0 Å². The number of nitrogens with zero attached hydrogens (tertiary/aromatic N) is 1. The summed E-state index contributed by atoms with van der Waals surface area (Å²) < 4.78 is 25.5. The van der Waals surface area contributed by atoms with Crippen LogP contribution in [-0.2, 0) is 6.61 Å². The molecule has 0 saturated carbocycles. The molecule has 0 atom stereocenters. The number of nitro benzene ring substituents is 1. The lowest BCUT2D eigenvalue weighted by Gasteiger charge is -2.00. The summed E-state index contributed by atoms with van der Waals surface area (Å²) in [6, 6.07) is 1.13. The topological polar surface area (TPSA) is 63.4 Å². The van der Waals surface area contributed by atoms with Crippen LogP contribution < -0.4 is 0 Å². The second kappa shape index (κ2) is 3.44. The van der Waals surface area contributed by atoms with E-state index >= 15 is 0 Å². The fraction of sp³-hybridized carbons (Fsp3) is 0.143. The first-order valence-corrected chi connectivity index (χ1v) is 3.29. The molecule has 0 fully saturated rings. The number of aliphatic hydroxyl groups excluding tert-OH is 1. The summed E-state index contributed by atoms with van der Waals surface area (Å²) in [4.78, 5) is 9.21. The zero-order valence-corrected chi connectivity index (χ0v) is 6.33. The maximum Gasteiger partial charge on any atom is 0.275 e. The van der Waals surface area contributed by atoms with Gasteiger partial charge >= 0.3 is 0 Å². The second-order valence-corrected chi connectivity index (χ2v) is 2.30. The number of non-ortho nitro benzene ring substituents is 1. The number of halogens is 2. The molecular formula is C7H5F2NO3. The Kier molecular flexibility index (Phi) is 2.52. The highest BCUT2D eigenvalue weighted by Crippen LogP contribution is 2.20. The summed E-state index contributed by atoms with van der Waals surface area (Å²) in [5, 5.41) is 18.6. The van der Waals surface area contributed by atoms with E-state index in [1.807, 2.05) is 0 Å². The van der Waals surface area contributed by atoms with Crippen molar-refractivity contribution in [1.29, 1.82) is 0 Å². The fourth-order valence-electron chi connectivity index (χ4n) is 0.846. The molecule has 13 heavy (non-hydrogen) atoms. The van der Waals surface area contributed by atoms with E-state index in [9.17, 15) is 18.9 Å². The van der Waals surface area contributed by atoms with Gasteiger partial charge in [-0.15, -0.1) is 0 Å². The van der Waals surface area contributed by atoms with E-state index < -0.39 is 34.4 Å². The van der Waals surface area contributed by atoms with Crippen LogP contribution in [0.5, 0.6) is 0 Å². The Morgan fingerprint density at radius 3 is 2.15 bits per heavy atom. The molecular weight excluding hydrogens is 184 g/mol.